The van der Waals surface area contributed by atoms with E-state index in [1.807, 2.05) is 0 Å². The molecule has 0 saturated carbocycles. The lowest BCUT2D eigenvalue weighted by atomic mass is 10.1. The van der Waals surface area contributed by atoms with Crippen LogP contribution in [0.15, 0.2) is 42.6 Å². The minimum atomic E-state index is 0.226. The highest BCUT2D eigenvalue weighted by atomic mass is 35.5. The predicted octanol–water partition coefficient (Wildman–Crippen LogP) is 4.52. The van der Waals surface area contributed by atoms with E-state index in [1.54, 1.807) is 42.6 Å². The Morgan fingerprint density at radius 2 is 1.88 bits per heavy atom. The Morgan fingerprint density at radius 3 is 2.60 bits per heavy atom. The van der Waals surface area contributed by atoms with Gasteiger partial charge in [0, 0.05) is 17.3 Å². The monoisotopic (exact) mass is 373 g/mol. The third kappa shape index (κ3) is 3.16. The lowest BCUT2D eigenvalue weighted by Gasteiger charge is -2.12. The van der Waals surface area contributed by atoms with E-state index in [0.717, 1.165) is 0 Å². The summed E-state index contributed by atoms with van der Waals surface area (Å²) in [4.78, 5) is 19.7. The van der Waals surface area contributed by atoms with Gasteiger partial charge in [0.2, 0.25) is 5.88 Å². The summed E-state index contributed by atoms with van der Waals surface area (Å²) in [5, 5.41) is 0.763. The second kappa shape index (κ2) is 7.09. The number of methoxy groups -OCH3 is 1. The highest BCUT2D eigenvalue weighted by Gasteiger charge is 2.16. The number of ether oxygens (including phenoxy) is 1. The van der Waals surface area contributed by atoms with Crippen LogP contribution in [0.4, 0.5) is 5.69 Å². The zero-order valence-corrected chi connectivity index (χ0v) is 14.7. The van der Waals surface area contributed by atoms with Gasteiger partial charge in [0.1, 0.15) is 0 Å². The van der Waals surface area contributed by atoms with Crippen LogP contribution in [-0.2, 0) is 0 Å². The molecule has 2 heterocycles. The molecule has 0 bridgehead atoms. The van der Waals surface area contributed by atoms with Gasteiger partial charge >= 0.3 is 0 Å². The van der Waals surface area contributed by atoms with Gasteiger partial charge in [-0.25, -0.2) is 4.98 Å². The van der Waals surface area contributed by atoms with E-state index in [9.17, 15) is 4.79 Å². The Kier molecular flexibility index (Phi) is 4.88. The Morgan fingerprint density at radius 1 is 1.08 bits per heavy atom. The number of pyridine rings is 2. The Bertz CT molecular complexity index is 961. The standard InChI is InChI=1S/C18H13Cl2N3O2/c1-25-18-10(9-24)5-6-14(23-18)11-7-8-22-17(16(11)20)12-3-2-4-13(21)15(12)19/h2-9H,21H2,1H3. The van der Waals surface area contributed by atoms with E-state index in [2.05, 4.69) is 9.97 Å². The van der Waals surface area contributed by atoms with Gasteiger partial charge in [0.25, 0.3) is 0 Å². The largest absolute Gasteiger partial charge is 0.480 e. The highest BCUT2D eigenvalue weighted by molar-refractivity contribution is 6.38. The zero-order chi connectivity index (χ0) is 18.0. The van der Waals surface area contributed by atoms with Crippen LogP contribution in [0, 0.1) is 0 Å². The maximum absolute atomic E-state index is 11.0. The van der Waals surface area contributed by atoms with Crippen molar-refractivity contribution < 1.29 is 9.53 Å². The quantitative estimate of drug-likeness (QED) is 0.537. The summed E-state index contributed by atoms with van der Waals surface area (Å²) in [7, 11) is 1.45. The molecule has 3 aromatic rings. The van der Waals surface area contributed by atoms with Crippen molar-refractivity contribution in [2.45, 2.75) is 0 Å². The molecule has 5 nitrogen and oxygen atoms in total. The van der Waals surface area contributed by atoms with Gasteiger partial charge in [-0.2, -0.15) is 0 Å². The smallest absolute Gasteiger partial charge is 0.224 e. The molecular formula is C18H13Cl2N3O2. The van der Waals surface area contributed by atoms with Crippen LogP contribution in [0.3, 0.4) is 0 Å². The molecule has 0 spiro atoms. The minimum Gasteiger partial charge on any atom is -0.480 e. The van der Waals surface area contributed by atoms with Crippen molar-refractivity contribution in [3.05, 3.63) is 58.2 Å². The molecule has 2 aromatic heterocycles. The number of nitrogen functional groups attached to an aromatic ring is 1. The number of anilines is 1. The van der Waals surface area contributed by atoms with Crippen LogP contribution in [0.2, 0.25) is 10.0 Å². The molecule has 1 aromatic carbocycles. The third-order valence-corrected chi connectivity index (χ3v) is 4.46. The van der Waals surface area contributed by atoms with Gasteiger partial charge in [-0.15, -0.1) is 0 Å². The predicted molar refractivity (Wildman–Crippen MR) is 99.3 cm³/mol. The van der Waals surface area contributed by atoms with Crippen LogP contribution < -0.4 is 10.5 Å². The van der Waals surface area contributed by atoms with E-state index in [-0.39, 0.29) is 5.88 Å². The average Bonchev–Trinajstić information content (AvgIpc) is 2.64. The number of hydrogen-bond acceptors (Lipinski definition) is 5. The van der Waals surface area contributed by atoms with Crippen LogP contribution in [0.1, 0.15) is 10.4 Å². The first-order chi connectivity index (χ1) is 12.1. The van der Waals surface area contributed by atoms with E-state index >= 15 is 0 Å². The SMILES string of the molecule is COc1nc(-c2ccnc(-c3cccc(N)c3Cl)c2Cl)ccc1C=O. The summed E-state index contributed by atoms with van der Waals surface area (Å²) < 4.78 is 5.15. The summed E-state index contributed by atoms with van der Waals surface area (Å²) in [5.74, 6) is 0.226. The summed E-state index contributed by atoms with van der Waals surface area (Å²) in [6, 6.07) is 10.3. The first kappa shape index (κ1) is 17.2. The Labute approximate surface area is 154 Å². The number of nitrogens with two attached hydrogens (primary N) is 1. The maximum Gasteiger partial charge on any atom is 0.224 e. The number of halogens is 2. The van der Waals surface area contributed by atoms with Crippen LogP contribution in [0.25, 0.3) is 22.5 Å². The molecule has 0 unspecified atom stereocenters. The van der Waals surface area contributed by atoms with Gasteiger partial charge in [-0.05, 0) is 24.3 Å². The normalized spacial score (nSPS) is 10.5. The van der Waals surface area contributed by atoms with Crippen molar-refractivity contribution in [1.29, 1.82) is 0 Å². The Hall–Kier alpha value is -2.63. The third-order valence-electron chi connectivity index (χ3n) is 3.66. The number of rotatable bonds is 4. The molecular weight excluding hydrogens is 361 g/mol. The van der Waals surface area contributed by atoms with Gasteiger partial charge in [0.05, 0.1) is 39.8 Å². The van der Waals surface area contributed by atoms with Crippen molar-refractivity contribution >= 4 is 35.2 Å². The molecule has 0 aliphatic rings. The van der Waals surface area contributed by atoms with Gasteiger partial charge in [0.15, 0.2) is 6.29 Å². The number of aldehydes is 1. The maximum atomic E-state index is 11.0. The fraction of sp³-hybridized carbons (Fsp3) is 0.0556. The molecule has 25 heavy (non-hydrogen) atoms. The number of nitrogens with zero attached hydrogens (tertiary/aromatic N) is 2. The molecule has 0 aliphatic heterocycles. The molecule has 0 amide bonds. The fourth-order valence-electron chi connectivity index (χ4n) is 2.42. The summed E-state index contributed by atoms with van der Waals surface area (Å²) in [6.45, 7) is 0. The molecule has 7 heteroatoms. The molecule has 0 atom stereocenters. The number of benzene rings is 1. The van der Waals surface area contributed by atoms with E-state index in [0.29, 0.717) is 50.1 Å². The number of aromatic nitrogens is 2. The first-order valence-corrected chi connectivity index (χ1v) is 8.02. The number of carbonyl (C=O) groups excluding carboxylic acids is 1. The van der Waals surface area contributed by atoms with Crippen LogP contribution >= 0.6 is 23.2 Å². The number of carbonyl (C=O) groups is 1. The molecule has 2 N–H and O–H groups in total. The first-order valence-electron chi connectivity index (χ1n) is 7.26. The average molecular weight is 374 g/mol. The summed E-state index contributed by atoms with van der Waals surface area (Å²) in [6.07, 6.45) is 2.29. The molecule has 3 rings (SSSR count). The minimum absolute atomic E-state index is 0.226. The van der Waals surface area contributed by atoms with Crippen molar-refractivity contribution in [1.82, 2.24) is 9.97 Å². The van der Waals surface area contributed by atoms with Crippen molar-refractivity contribution in [2.24, 2.45) is 0 Å². The summed E-state index contributed by atoms with van der Waals surface area (Å²) >= 11 is 12.8. The fourth-order valence-corrected chi connectivity index (χ4v) is 2.94. The Balaban J connectivity index is 2.17. The van der Waals surface area contributed by atoms with E-state index in [1.165, 1.54) is 7.11 Å². The van der Waals surface area contributed by atoms with Crippen molar-refractivity contribution in [3.63, 3.8) is 0 Å². The van der Waals surface area contributed by atoms with Gasteiger partial charge in [-0.3, -0.25) is 9.78 Å². The second-order valence-electron chi connectivity index (χ2n) is 5.14. The number of hydrogen-bond donors (Lipinski definition) is 1. The van der Waals surface area contributed by atoms with Gasteiger partial charge in [-0.1, -0.05) is 35.3 Å². The topological polar surface area (TPSA) is 78.1 Å². The molecule has 126 valence electrons. The molecule has 0 saturated heterocycles. The second-order valence-corrected chi connectivity index (χ2v) is 5.90. The van der Waals surface area contributed by atoms with Crippen LogP contribution in [-0.4, -0.2) is 23.4 Å². The summed E-state index contributed by atoms with van der Waals surface area (Å²) in [5.41, 5.74) is 8.98. The lowest BCUT2D eigenvalue weighted by molar-refractivity contribution is 0.112. The molecule has 0 radical (unpaired) electrons. The zero-order valence-electron chi connectivity index (χ0n) is 13.2. The molecule has 0 aliphatic carbocycles. The van der Waals surface area contributed by atoms with Crippen molar-refractivity contribution in [3.8, 4) is 28.4 Å². The van der Waals surface area contributed by atoms with E-state index < -0.39 is 0 Å². The van der Waals surface area contributed by atoms with Gasteiger partial charge < -0.3 is 10.5 Å². The molecule has 0 fully saturated rings. The van der Waals surface area contributed by atoms with E-state index in [4.69, 9.17) is 33.7 Å². The van der Waals surface area contributed by atoms with Crippen molar-refractivity contribution in [2.75, 3.05) is 12.8 Å². The highest BCUT2D eigenvalue weighted by Crippen LogP contribution is 2.39. The lowest BCUT2D eigenvalue weighted by Crippen LogP contribution is -1.97. The van der Waals surface area contributed by atoms with Crippen LogP contribution in [0.5, 0.6) is 5.88 Å².